The molecule has 0 radical (unpaired) electrons. The van der Waals surface area contributed by atoms with Gasteiger partial charge < -0.3 is 4.74 Å². The molecule has 3 rings (SSSR count). The van der Waals surface area contributed by atoms with Gasteiger partial charge in [-0.25, -0.2) is 18.8 Å². The van der Waals surface area contributed by atoms with E-state index in [9.17, 15) is 27.6 Å². The normalized spacial score (nSPS) is 16.4. The summed E-state index contributed by atoms with van der Waals surface area (Å²) in [4.78, 5) is 16.9. The van der Waals surface area contributed by atoms with Crippen molar-refractivity contribution in [2.45, 2.75) is 31.7 Å². The van der Waals surface area contributed by atoms with Crippen molar-refractivity contribution in [2.24, 2.45) is 4.99 Å². The first-order valence-electron chi connectivity index (χ1n) is 8.93. The summed E-state index contributed by atoms with van der Waals surface area (Å²) in [7, 11) is 0. The second-order valence-electron chi connectivity index (χ2n) is 6.61. The van der Waals surface area contributed by atoms with Gasteiger partial charge >= 0.3 is 12.1 Å². The highest BCUT2D eigenvalue weighted by atomic mass is 35.5. The number of rotatable bonds is 5. The lowest BCUT2D eigenvalue weighted by Gasteiger charge is -2.31. The number of piperidine rings is 1. The molecule has 0 amide bonds. The Morgan fingerprint density at radius 1 is 1.35 bits per heavy atom. The minimum Gasteiger partial charge on any atom is -0.456 e. The van der Waals surface area contributed by atoms with Crippen molar-refractivity contribution in [2.75, 3.05) is 13.1 Å². The van der Waals surface area contributed by atoms with Gasteiger partial charge in [0.25, 0.3) is 0 Å². The SMILES string of the molecule is O=C(OC1CCN(Cc2nonc2C(=Nc2ccc(F)c(Cl)c2)NO)CC1)C(F)(F)F. The van der Waals surface area contributed by atoms with Crippen LogP contribution in [0.5, 0.6) is 0 Å². The second kappa shape index (κ2) is 9.58. The zero-order valence-electron chi connectivity index (χ0n) is 15.7. The van der Waals surface area contributed by atoms with Crippen LogP contribution in [0.25, 0.3) is 0 Å². The number of carbonyl (C=O) groups is 1. The molecule has 1 aliphatic heterocycles. The molecule has 1 saturated heterocycles. The highest BCUT2D eigenvalue weighted by Gasteiger charge is 2.42. The zero-order chi connectivity index (χ0) is 22.6. The maximum absolute atomic E-state index is 13.3. The Morgan fingerprint density at radius 2 is 2.06 bits per heavy atom. The number of halogens is 5. The third-order valence-electron chi connectivity index (χ3n) is 4.44. The maximum atomic E-state index is 13.3. The van der Waals surface area contributed by atoms with Crippen LogP contribution >= 0.6 is 11.6 Å². The van der Waals surface area contributed by atoms with E-state index in [1.807, 2.05) is 10.4 Å². The van der Waals surface area contributed by atoms with E-state index in [4.69, 9.17) is 16.2 Å². The molecule has 0 unspecified atom stereocenters. The van der Waals surface area contributed by atoms with E-state index in [2.05, 4.69) is 20.0 Å². The van der Waals surface area contributed by atoms with Crippen molar-refractivity contribution >= 4 is 29.1 Å². The Kier molecular flexibility index (Phi) is 7.08. The Balaban J connectivity index is 1.65. The predicted octanol–water partition coefficient (Wildman–Crippen LogP) is 2.99. The van der Waals surface area contributed by atoms with Gasteiger partial charge in [0, 0.05) is 19.6 Å². The van der Waals surface area contributed by atoms with Crippen LogP contribution in [0.2, 0.25) is 5.02 Å². The number of aromatic nitrogens is 2. The molecule has 2 aromatic rings. The van der Waals surface area contributed by atoms with E-state index in [1.54, 1.807) is 0 Å². The first-order valence-corrected chi connectivity index (χ1v) is 9.31. The van der Waals surface area contributed by atoms with Crippen LogP contribution in [-0.4, -0.2) is 57.6 Å². The number of hydrogen-bond donors (Lipinski definition) is 2. The second-order valence-corrected chi connectivity index (χ2v) is 7.02. The smallest absolute Gasteiger partial charge is 0.456 e. The summed E-state index contributed by atoms with van der Waals surface area (Å²) in [6, 6.07) is 3.68. The Labute approximate surface area is 177 Å². The first kappa shape index (κ1) is 22.9. The van der Waals surface area contributed by atoms with Crippen molar-refractivity contribution in [3.8, 4) is 0 Å². The third-order valence-corrected chi connectivity index (χ3v) is 4.73. The number of alkyl halides is 3. The molecule has 0 bridgehead atoms. The molecule has 2 heterocycles. The van der Waals surface area contributed by atoms with Gasteiger partial charge in [0.2, 0.25) is 0 Å². The van der Waals surface area contributed by atoms with Crippen molar-refractivity contribution in [3.05, 3.63) is 40.4 Å². The number of nitrogens with zero attached hydrogens (tertiary/aromatic N) is 4. The lowest BCUT2D eigenvalue weighted by molar-refractivity contribution is -0.206. The van der Waals surface area contributed by atoms with Gasteiger partial charge in [0.15, 0.2) is 11.5 Å². The summed E-state index contributed by atoms with van der Waals surface area (Å²) < 4.78 is 59.4. The van der Waals surface area contributed by atoms with Gasteiger partial charge in [0.05, 0.1) is 10.7 Å². The molecule has 0 atom stereocenters. The van der Waals surface area contributed by atoms with Crippen LogP contribution < -0.4 is 5.48 Å². The number of amidine groups is 1. The molecule has 0 spiro atoms. The number of ether oxygens (including phenoxy) is 1. The van der Waals surface area contributed by atoms with E-state index < -0.39 is 24.1 Å². The van der Waals surface area contributed by atoms with Crippen LogP contribution in [0.4, 0.5) is 23.2 Å². The van der Waals surface area contributed by atoms with E-state index in [-0.39, 0.29) is 41.6 Å². The molecule has 31 heavy (non-hydrogen) atoms. The maximum Gasteiger partial charge on any atom is 0.490 e. The zero-order valence-corrected chi connectivity index (χ0v) is 16.5. The topological polar surface area (TPSA) is 113 Å². The van der Waals surface area contributed by atoms with E-state index in [0.29, 0.717) is 18.8 Å². The number of aliphatic imine (C=N–C) groups is 1. The molecule has 1 aromatic carbocycles. The fraction of sp³-hybridized carbons (Fsp3) is 0.412. The van der Waals surface area contributed by atoms with Crippen LogP contribution in [0, 0.1) is 5.82 Å². The Morgan fingerprint density at radius 3 is 2.68 bits per heavy atom. The number of esters is 1. The molecule has 0 aliphatic carbocycles. The van der Waals surface area contributed by atoms with Crippen LogP contribution in [0.15, 0.2) is 27.8 Å². The number of hydrogen-bond acceptors (Lipinski definition) is 8. The first-order chi connectivity index (χ1) is 14.7. The number of hydroxylamine groups is 1. The minimum atomic E-state index is -5.03. The summed E-state index contributed by atoms with van der Waals surface area (Å²) in [5.41, 5.74) is 2.47. The molecule has 14 heteroatoms. The molecular weight excluding hydrogens is 450 g/mol. The average molecular weight is 466 g/mol. The molecule has 1 aliphatic rings. The van der Waals surface area contributed by atoms with Crippen LogP contribution in [-0.2, 0) is 16.1 Å². The van der Waals surface area contributed by atoms with E-state index >= 15 is 0 Å². The fourth-order valence-electron chi connectivity index (χ4n) is 2.92. The average Bonchev–Trinajstić information content (AvgIpc) is 3.17. The van der Waals surface area contributed by atoms with Gasteiger partial charge in [-0.05, 0) is 36.2 Å². The van der Waals surface area contributed by atoms with Crippen molar-refractivity contribution in [3.63, 3.8) is 0 Å². The summed E-state index contributed by atoms with van der Waals surface area (Å²) in [6.45, 7) is 0.840. The quantitative estimate of drug-likeness (QED) is 0.228. The largest absolute Gasteiger partial charge is 0.490 e. The predicted molar refractivity (Wildman–Crippen MR) is 97.3 cm³/mol. The van der Waals surface area contributed by atoms with Crippen LogP contribution in [0.1, 0.15) is 24.2 Å². The van der Waals surface area contributed by atoms with Gasteiger partial charge in [0.1, 0.15) is 17.6 Å². The Bertz CT molecular complexity index is 960. The molecular formula is C17H16ClF4N5O4. The standard InChI is InChI=1S/C17H16ClF4N5O4/c18-11-7-9(1-2-12(11)19)23-15(24-29)14-13(25-31-26-14)8-27-5-3-10(4-6-27)30-16(28)17(20,21)22/h1-2,7,10,29H,3-6,8H2,(H,23,24). The molecule has 2 N–H and O–H groups in total. The van der Waals surface area contributed by atoms with Gasteiger partial charge in [-0.2, -0.15) is 13.2 Å². The Hall–Kier alpha value is -2.77. The van der Waals surface area contributed by atoms with E-state index in [0.717, 1.165) is 6.07 Å². The highest BCUT2D eigenvalue weighted by molar-refractivity contribution is 6.31. The van der Waals surface area contributed by atoms with Crippen molar-refractivity contribution < 1.29 is 36.9 Å². The fourth-order valence-corrected chi connectivity index (χ4v) is 3.09. The lowest BCUT2D eigenvalue weighted by Crippen LogP contribution is -2.40. The summed E-state index contributed by atoms with van der Waals surface area (Å²) in [6.07, 6.45) is -5.45. The van der Waals surface area contributed by atoms with Gasteiger partial charge in [-0.15, -0.1) is 0 Å². The monoisotopic (exact) mass is 465 g/mol. The number of carbonyl (C=O) groups excluding carboxylic acids is 1. The molecule has 1 aromatic heterocycles. The molecule has 9 nitrogen and oxygen atoms in total. The van der Waals surface area contributed by atoms with E-state index in [1.165, 1.54) is 12.1 Å². The summed E-state index contributed by atoms with van der Waals surface area (Å²) >= 11 is 5.72. The van der Waals surface area contributed by atoms with Crippen LogP contribution in [0.3, 0.4) is 0 Å². The van der Waals surface area contributed by atoms with Crippen molar-refractivity contribution in [1.82, 2.24) is 20.7 Å². The molecule has 168 valence electrons. The molecule has 0 saturated carbocycles. The number of nitrogens with one attached hydrogen (secondary N) is 1. The molecule has 1 fully saturated rings. The highest BCUT2D eigenvalue weighted by Crippen LogP contribution is 2.24. The number of likely N-dealkylation sites (tertiary alicyclic amines) is 1. The summed E-state index contributed by atoms with van der Waals surface area (Å²) in [5.74, 6) is -2.97. The van der Waals surface area contributed by atoms with Gasteiger partial charge in [-0.1, -0.05) is 16.8 Å². The minimum absolute atomic E-state index is 0.0774. The third kappa shape index (κ3) is 5.89. The number of benzene rings is 1. The van der Waals surface area contributed by atoms with Gasteiger partial charge in [-0.3, -0.25) is 15.6 Å². The van der Waals surface area contributed by atoms with Crippen molar-refractivity contribution in [1.29, 1.82) is 0 Å². The summed E-state index contributed by atoms with van der Waals surface area (Å²) in [5, 5.41) is 16.8. The lowest BCUT2D eigenvalue weighted by atomic mass is 10.1.